The van der Waals surface area contributed by atoms with Crippen LogP contribution in [0.4, 0.5) is 0 Å². The average molecular weight is 212 g/mol. The minimum atomic E-state index is -0.452. The summed E-state index contributed by atoms with van der Waals surface area (Å²) >= 11 is 0. The van der Waals surface area contributed by atoms with Gasteiger partial charge in [0.1, 0.15) is 11.6 Å². The van der Waals surface area contributed by atoms with Crippen LogP contribution in [-0.2, 0) is 14.3 Å². The molecule has 0 aromatic rings. The van der Waals surface area contributed by atoms with Crippen LogP contribution in [0, 0.1) is 17.3 Å². The molecule has 0 heterocycles. The van der Waals surface area contributed by atoms with Gasteiger partial charge < -0.3 is 4.74 Å². The number of carbonyl (C=O) groups excluding carboxylic acids is 2. The lowest BCUT2D eigenvalue weighted by atomic mass is 9.93. The molecule has 1 saturated carbocycles. The summed E-state index contributed by atoms with van der Waals surface area (Å²) in [6.45, 7) is 6.27. The average Bonchev–Trinajstić information content (AvgIpc) is 2.81. The lowest BCUT2D eigenvalue weighted by molar-refractivity contribution is -0.133. The lowest BCUT2D eigenvalue weighted by Crippen LogP contribution is -2.24. The molecule has 0 aromatic carbocycles. The molecule has 0 amide bonds. The number of methoxy groups -OCH3 is 1. The van der Waals surface area contributed by atoms with E-state index in [0.717, 1.165) is 6.42 Å². The van der Waals surface area contributed by atoms with Crippen LogP contribution in [0.2, 0.25) is 0 Å². The number of ketones is 2. The second kappa shape index (κ2) is 4.44. The van der Waals surface area contributed by atoms with Crippen molar-refractivity contribution < 1.29 is 14.3 Å². The fourth-order valence-electron chi connectivity index (χ4n) is 1.83. The first-order valence-electron chi connectivity index (χ1n) is 5.45. The highest BCUT2D eigenvalue weighted by Gasteiger charge is 2.51. The van der Waals surface area contributed by atoms with Crippen LogP contribution in [0.15, 0.2) is 0 Å². The zero-order valence-corrected chi connectivity index (χ0v) is 10.0. The van der Waals surface area contributed by atoms with Crippen LogP contribution in [0.3, 0.4) is 0 Å². The Hall–Kier alpha value is -0.700. The Morgan fingerprint density at radius 3 is 2.40 bits per heavy atom. The van der Waals surface area contributed by atoms with Crippen LogP contribution >= 0.6 is 0 Å². The summed E-state index contributed by atoms with van der Waals surface area (Å²) in [6.07, 6.45) is 1.27. The van der Waals surface area contributed by atoms with Gasteiger partial charge in [-0.05, 0) is 18.8 Å². The number of hydrogen-bond donors (Lipinski definition) is 0. The van der Waals surface area contributed by atoms with Gasteiger partial charge in [0.05, 0.1) is 12.5 Å². The van der Waals surface area contributed by atoms with Gasteiger partial charge in [0.15, 0.2) is 0 Å². The summed E-state index contributed by atoms with van der Waals surface area (Å²) in [5, 5.41) is 0. The standard InChI is InChI=1S/C12H20O3/c1-8(10(13)5-6-15-4)11(14)9-7-12(9,2)3/h8-9H,5-7H2,1-4H3. The van der Waals surface area contributed by atoms with Gasteiger partial charge in [0, 0.05) is 19.4 Å². The van der Waals surface area contributed by atoms with Gasteiger partial charge in [-0.15, -0.1) is 0 Å². The van der Waals surface area contributed by atoms with Crippen LogP contribution in [0.25, 0.3) is 0 Å². The first-order valence-corrected chi connectivity index (χ1v) is 5.45. The highest BCUT2D eigenvalue weighted by Crippen LogP contribution is 2.53. The second-order valence-electron chi connectivity index (χ2n) is 5.08. The molecule has 0 aromatic heterocycles. The molecule has 0 N–H and O–H groups in total. The Morgan fingerprint density at radius 1 is 1.47 bits per heavy atom. The van der Waals surface area contributed by atoms with E-state index in [-0.39, 0.29) is 22.9 Å². The monoisotopic (exact) mass is 212 g/mol. The smallest absolute Gasteiger partial charge is 0.146 e. The predicted octanol–water partition coefficient (Wildman–Crippen LogP) is 1.84. The SMILES string of the molecule is COCCC(=O)C(C)C(=O)C1CC1(C)C. The van der Waals surface area contributed by atoms with Gasteiger partial charge in [0.2, 0.25) is 0 Å². The molecule has 0 radical (unpaired) electrons. The molecule has 0 aliphatic heterocycles. The molecule has 1 aliphatic rings. The highest BCUT2D eigenvalue weighted by atomic mass is 16.5. The maximum atomic E-state index is 11.9. The molecular weight excluding hydrogens is 192 g/mol. The number of rotatable bonds is 6. The molecule has 2 atom stereocenters. The van der Waals surface area contributed by atoms with E-state index in [4.69, 9.17) is 4.74 Å². The Labute approximate surface area is 91.2 Å². The summed E-state index contributed by atoms with van der Waals surface area (Å²) in [7, 11) is 1.56. The second-order valence-corrected chi connectivity index (χ2v) is 5.08. The quantitative estimate of drug-likeness (QED) is 0.631. The zero-order chi connectivity index (χ0) is 11.6. The largest absolute Gasteiger partial charge is 0.384 e. The molecule has 86 valence electrons. The number of Topliss-reactive ketones (excluding diaryl/α,β-unsaturated/α-hetero) is 2. The Morgan fingerprint density at radius 2 is 2.00 bits per heavy atom. The molecular formula is C12H20O3. The van der Waals surface area contributed by atoms with Crippen molar-refractivity contribution in [1.29, 1.82) is 0 Å². The minimum absolute atomic E-state index is 0.00421. The van der Waals surface area contributed by atoms with E-state index in [9.17, 15) is 9.59 Å². The van der Waals surface area contributed by atoms with Crippen molar-refractivity contribution in [2.45, 2.75) is 33.6 Å². The van der Waals surface area contributed by atoms with Crippen LogP contribution in [0.5, 0.6) is 0 Å². The van der Waals surface area contributed by atoms with E-state index < -0.39 is 5.92 Å². The zero-order valence-electron chi connectivity index (χ0n) is 10.0. The van der Waals surface area contributed by atoms with Gasteiger partial charge in [-0.3, -0.25) is 9.59 Å². The first-order chi connectivity index (χ1) is 6.90. The van der Waals surface area contributed by atoms with Crippen molar-refractivity contribution in [2.75, 3.05) is 13.7 Å². The summed E-state index contributed by atoms with van der Waals surface area (Å²) in [5.74, 6) is -0.239. The van der Waals surface area contributed by atoms with Crippen LogP contribution in [0.1, 0.15) is 33.6 Å². The molecule has 15 heavy (non-hydrogen) atoms. The van der Waals surface area contributed by atoms with E-state index in [1.165, 1.54) is 0 Å². The van der Waals surface area contributed by atoms with Crippen molar-refractivity contribution in [3.8, 4) is 0 Å². The van der Waals surface area contributed by atoms with Crippen molar-refractivity contribution in [1.82, 2.24) is 0 Å². The summed E-state index contributed by atoms with van der Waals surface area (Å²) < 4.78 is 4.83. The maximum Gasteiger partial charge on any atom is 0.146 e. The molecule has 0 bridgehead atoms. The first kappa shape index (κ1) is 12.4. The van der Waals surface area contributed by atoms with E-state index in [1.54, 1.807) is 14.0 Å². The van der Waals surface area contributed by atoms with E-state index in [2.05, 4.69) is 13.8 Å². The summed E-state index contributed by atoms with van der Waals surface area (Å²) in [5.41, 5.74) is 0.118. The van der Waals surface area contributed by atoms with E-state index in [1.807, 2.05) is 0 Å². The molecule has 2 unspecified atom stereocenters. The fraction of sp³-hybridized carbons (Fsp3) is 0.833. The molecule has 3 heteroatoms. The Balaban J connectivity index is 2.43. The number of ether oxygens (including phenoxy) is 1. The van der Waals surface area contributed by atoms with Crippen molar-refractivity contribution in [3.05, 3.63) is 0 Å². The normalized spacial score (nSPS) is 24.7. The molecule has 1 fully saturated rings. The third kappa shape index (κ3) is 2.88. The van der Waals surface area contributed by atoms with Crippen molar-refractivity contribution >= 4 is 11.6 Å². The van der Waals surface area contributed by atoms with Gasteiger partial charge >= 0.3 is 0 Å². The third-order valence-corrected chi connectivity index (χ3v) is 3.32. The molecule has 1 aliphatic carbocycles. The minimum Gasteiger partial charge on any atom is -0.384 e. The van der Waals surface area contributed by atoms with Crippen LogP contribution in [-0.4, -0.2) is 25.3 Å². The molecule has 1 rings (SSSR count). The van der Waals surface area contributed by atoms with Gasteiger partial charge in [0.25, 0.3) is 0 Å². The summed E-state index contributed by atoms with van der Waals surface area (Å²) in [6, 6.07) is 0. The van der Waals surface area contributed by atoms with Crippen molar-refractivity contribution in [3.63, 3.8) is 0 Å². The Kier molecular flexibility index (Phi) is 3.66. The van der Waals surface area contributed by atoms with E-state index >= 15 is 0 Å². The highest BCUT2D eigenvalue weighted by molar-refractivity contribution is 6.04. The van der Waals surface area contributed by atoms with Gasteiger partial charge in [-0.1, -0.05) is 13.8 Å². The Bertz CT molecular complexity index is 268. The molecule has 3 nitrogen and oxygen atoms in total. The predicted molar refractivity (Wildman–Crippen MR) is 57.6 cm³/mol. The van der Waals surface area contributed by atoms with Crippen LogP contribution < -0.4 is 0 Å². The fourth-order valence-corrected chi connectivity index (χ4v) is 1.83. The molecule has 0 spiro atoms. The topological polar surface area (TPSA) is 43.4 Å². The number of hydrogen-bond acceptors (Lipinski definition) is 3. The molecule has 0 saturated heterocycles. The summed E-state index contributed by atoms with van der Waals surface area (Å²) in [4.78, 5) is 23.4. The van der Waals surface area contributed by atoms with Gasteiger partial charge in [-0.25, -0.2) is 0 Å². The third-order valence-electron chi connectivity index (χ3n) is 3.32. The van der Waals surface area contributed by atoms with E-state index in [0.29, 0.717) is 13.0 Å². The number of carbonyl (C=O) groups is 2. The lowest BCUT2D eigenvalue weighted by Gasteiger charge is -2.10. The van der Waals surface area contributed by atoms with Crippen molar-refractivity contribution in [2.24, 2.45) is 17.3 Å². The maximum absolute atomic E-state index is 11.9. The van der Waals surface area contributed by atoms with Gasteiger partial charge in [-0.2, -0.15) is 0 Å².